The number of nitrogens with one attached hydrogen (secondary N) is 1. The monoisotopic (exact) mass is 469 g/mol. The summed E-state index contributed by atoms with van der Waals surface area (Å²) >= 11 is 6.54. The van der Waals surface area contributed by atoms with Crippen LogP contribution in [0.4, 0.5) is 4.39 Å². The molecule has 2 aromatic carbocycles. The lowest BCUT2D eigenvalue weighted by atomic mass is 9.78. The summed E-state index contributed by atoms with van der Waals surface area (Å²) in [5.74, 6) is 0.904. The quantitative estimate of drug-likeness (QED) is 0.572. The summed E-state index contributed by atoms with van der Waals surface area (Å²) in [5, 5.41) is 7.72. The Hall–Kier alpha value is -3.06. The van der Waals surface area contributed by atoms with E-state index in [9.17, 15) is 9.18 Å². The Bertz CT molecular complexity index is 1190. The van der Waals surface area contributed by atoms with Gasteiger partial charge in [-0.1, -0.05) is 30.5 Å². The first kappa shape index (κ1) is 21.8. The Morgan fingerprint density at radius 1 is 1.12 bits per heavy atom. The van der Waals surface area contributed by atoms with Crippen LogP contribution in [0.2, 0.25) is 5.15 Å². The van der Waals surface area contributed by atoms with Crippen LogP contribution in [0.3, 0.4) is 0 Å². The first-order valence-corrected chi connectivity index (χ1v) is 11.5. The Morgan fingerprint density at radius 2 is 1.82 bits per heavy atom. The highest BCUT2D eigenvalue weighted by Crippen LogP contribution is 2.44. The molecule has 0 atom stereocenters. The van der Waals surface area contributed by atoms with Gasteiger partial charge in [0.05, 0.1) is 16.9 Å². The van der Waals surface area contributed by atoms with Crippen LogP contribution in [0.15, 0.2) is 42.5 Å². The van der Waals surface area contributed by atoms with E-state index in [1.807, 2.05) is 6.07 Å². The Labute approximate surface area is 196 Å². The maximum absolute atomic E-state index is 13.3. The summed E-state index contributed by atoms with van der Waals surface area (Å²) in [6.45, 7) is 3.32. The summed E-state index contributed by atoms with van der Waals surface area (Å²) in [5.41, 5.74) is 2.41. The highest BCUT2D eigenvalue weighted by molar-refractivity contribution is 6.33. The van der Waals surface area contributed by atoms with Crippen LogP contribution >= 0.6 is 11.6 Å². The van der Waals surface area contributed by atoms with Crippen molar-refractivity contribution >= 4 is 17.5 Å². The molecule has 5 rings (SSSR count). The SMILES string of the molecule is Cc1nn(-c2ccc(F)cc2)c(Cl)c1C(=O)NCC1(c2ccc3c(c2)OCCO3)CCCC1. The molecule has 1 aliphatic heterocycles. The number of nitrogens with zero attached hydrogens (tertiary/aromatic N) is 2. The molecule has 8 heteroatoms. The Kier molecular flexibility index (Phi) is 5.74. The molecule has 6 nitrogen and oxygen atoms in total. The summed E-state index contributed by atoms with van der Waals surface area (Å²) in [7, 11) is 0. The standard InChI is InChI=1S/C25H25ClFN3O3/c1-16-22(23(26)30(29-16)19-7-5-18(27)6-8-19)24(31)28-15-25(10-2-3-11-25)17-4-9-20-21(14-17)33-13-12-32-20/h4-9,14H,2-3,10-13,15H2,1H3,(H,28,31). The summed E-state index contributed by atoms with van der Waals surface area (Å²) in [6, 6.07) is 11.9. The predicted molar refractivity (Wildman–Crippen MR) is 123 cm³/mol. The smallest absolute Gasteiger partial charge is 0.256 e. The third-order valence-electron chi connectivity index (χ3n) is 6.60. The molecular formula is C25H25ClFN3O3. The molecule has 1 saturated carbocycles. The molecule has 2 aliphatic rings. The van der Waals surface area contributed by atoms with Gasteiger partial charge in [0.15, 0.2) is 11.5 Å². The largest absolute Gasteiger partial charge is 0.486 e. The van der Waals surface area contributed by atoms with E-state index >= 15 is 0 Å². The van der Waals surface area contributed by atoms with Gasteiger partial charge in [0.2, 0.25) is 0 Å². The van der Waals surface area contributed by atoms with Crippen molar-refractivity contribution in [2.45, 2.75) is 38.0 Å². The zero-order valence-electron chi connectivity index (χ0n) is 18.4. The zero-order chi connectivity index (χ0) is 23.0. The minimum Gasteiger partial charge on any atom is -0.486 e. The van der Waals surface area contributed by atoms with Gasteiger partial charge >= 0.3 is 0 Å². The van der Waals surface area contributed by atoms with Gasteiger partial charge in [-0.15, -0.1) is 0 Å². The van der Waals surface area contributed by atoms with Crippen molar-refractivity contribution in [1.29, 1.82) is 0 Å². The molecule has 1 amide bonds. The minimum atomic E-state index is -0.349. The van der Waals surface area contributed by atoms with Crippen LogP contribution in [0.25, 0.3) is 5.69 Å². The number of amides is 1. The van der Waals surface area contributed by atoms with E-state index < -0.39 is 0 Å². The molecule has 33 heavy (non-hydrogen) atoms. The lowest BCUT2D eigenvalue weighted by Gasteiger charge is -2.31. The van der Waals surface area contributed by atoms with Crippen molar-refractivity contribution in [3.05, 3.63) is 70.3 Å². The molecule has 0 unspecified atom stereocenters. The van der Waals surface area contributed by atoms with Gasteiger partial charge < -0.3 is 14.8 Å². The number of fused-ring (bicyclic) bond motifs is 1. The number of rotatable bonds is 5. The molecule has 0 saturated heterocycles. The second-order valence-corrected chi connectivity index (χ2v) is 9.03. The van der Waals surface area contributed by atoms with Crippen molar-refractivity contribution in [3.63, 3.8) is 0 Å². The first-order valence-electron chi connectivity index (χ1n) is 11.2. The van der Waals surface area contributed by atoms with Crippen molar-refractivity contribution < 1.29 is 18.7 Å². The fraction of sp³-hybridized carbons (Fsp3) is 0.360. The molecule has 3 aromatic rings. The lowest BCUT2D eigenvalue weighted by molar-refractivity contribution is 0.0942. The summed E-state index contributed by atoms with van der Waals surface area (Å²) in [6.07, 6.45) is 4.17. The predicted octanol–water partition coefficient (Wildman–Crippen LogP) is 4.99. The van der Waals surface area contributed by atoms with Crippen LogP contribution < -0.4 is 14.8 Å². The molecule has 0 radical (unpaired) electrons. The fourth-order valence-electron chi connectivity index (χ4n) is 4.84. The van der Waals surface area contributed by atoms with E-state index in [1.54, 1.807) is 19.1 Å². The van der Waals surface area contributed by atoms with Crippen LogP contribution in [-0.2, 0) is 5.41 Å². The Balaban J connectivity index is 1.38. The third kappa shape index (κ3) is 4.06. The molecule has 0 spiro atoms. The topological polar surface area (TPSA) is 65.4 Å². The average molecular weight is 470 g/mol. The third-order valence-corrected chi connectivity index (χ3v) is 6.95. The van der Waals surface area contributed by atoms with Gasteiger partial charge in [-0.2, -0.15) is 5.10 Å². The van der Waals surface area contributed by atoms with Gasteiger partial charge in [0, 0.05) is 12.0 Å². The number of carbonyl (C=O) groups is 1. The Morgan fingerprint density at radius 3 is 2.55 bits per heavy atom. The summed E-state index contributed by atoms with van der Waals surface area (Å²) in [4.78, 5) is 13.2. The molecule has 172 valence electrons. The van der Waals surface area contributed by atoms with E-state index in [4.69, 9.17) is 21.1 Å². The van der Waals surface area contributed by atoms with Gasteiger partial charge in [-0.25, -0.2) is 9.07 Å². The number of hydrogen-bond donors (Lipinski definition) is 1. The fourth-order valence-corrected chi connectivity index (χ4v) is 5.20. The normalized spacial score (nSPS) is 16.6. The molecule has 0 bridgehead atoms. The number of halogens is 2. The lowest BCUT2D eigenvalue weighted by Crippen LogP contribution is -2.39. The van der Waals surface area contributed by atoms with Gasteiger partial charge in [-0.3, -0.25) is 4.79 Å². The second kappa shape index (κ2) is 8.71. The molecule has 1 aromatic heterocycles. The number of benzene rings is 2. The molecular weight excluding hydrogens is 445 g/mol. The van der Waals surface area contributed by atoms with Crippen molar-refractivity contribution in [3.8, 4) is 17.2 Å². The van der Waals surface area contributed by atoms with Crippen LogP contribution in [0, 0.1) is 12.7 Å². The molecule has 1 fully saturated rings. The van der Waals surface area contributed by atoms with Gasteiger partial charge in [0.1, 0.15) is 24.2 Å². The first-order chi connectivity index (χ1) is 16.0. The number of carbonyl (C=O) groups excluding carboxylic acids is 1. The number of aryl methyl sites for hydroxylation is 1. The van der Waals surface area contributed by atoms with Gasteiger partial charge in [-0.05, 0) is 61.7 Å². The number of ether oxygens (including phenoxy) is 2. The highest BCUT2D eigenvalue weighted by atomic mass is 35.5. The van der Waals surface area contributed by atoms with Crippen LogP contribution in [0.5, 0.6) is 11.5 Å². The minimum absolute atomic E-state index is 0.168. The maximum atomic E-state index is 13.3. The molecule has 2 heterocycles. The van der Waals surface area contributed by atoms with E-state index in [-0.39, 0.29) is 22.3 Å². The maximum Gasteiger partial charge on any atom is 0.256 e. The summed E-state index contributed by atoms with van der Waals surface area (Å²) < 4.78 is 26.2. The average Bonchev–Trinajstić information content (AvgIpc) is 3.43. The number of aromatic nitrogens is 2. The van der Waals surface area contributed by atoms with E-state index in [0.717, 1.165) is 42.7 Å². The second-order valence-electron chi connectivity index (χ2n) is 8.67. The van der Waals surface area contributed by atoms with E-state index in [2.05, 4.69) is 22.5 Å². The van der Waals surface area contributed by atoms with Crippen LogP contribution in [0.1, 0.15) is 47.3 Å². The van der Waals surface area contributed by atoms with E-state index in [1.165, 1.54) is 16.8 Å². The van der Waals surface area contributed by atoms with Gasteiger partial charge in [0.25, 0.3) is 5.91 Å². The van der Waals surface area contributed by atoms with Crippen molar-refractivity contribution in [1.82, 2.24) is 15.1 Å². The molecule has 1 N–H and O–H groups in total. The van der Waals surface area contributed by atoms with Crippen molar-refractivity contribution in [2.75, 3.05) is 19.8 Å². The van der Waals surface area contributed by atoms with Crippen molar-refractivity contribution in [2.24, 2.45) is 0 Å². The number of hydrogen-bond acceptors (Lipinski definition) is 4. The zero-order valence-corrected chi connectivity index (χ0v) is 19.1. The highest BCUT2D eigenvalue weighted by Gasteiger charge is 2.37. The van der Waals surface area contributed by atoms with E-state index in [0.29, 0.717) is 36.7 Å². The van der Waals surface area contributed by atoms with Crippen LogP contribution in [-0.4, -0.2) is 35.4 Å². The molecule has 1 aliphatic carbocycles.